The highest BCUT2D eigenvalue weighted by atomic mass is 16.5. The van der Waals surface area contributed by atoms with Crippen LogP contribution in [0.4, 0.5) is 4.79 Å². The Hall–Kier alpha value is -2.73. The SMILES string of the molecule is COC(=O)N1C[C@@H](c2ccc(OC)c(OC3Cc4ccccc4C3)c2)[C@](C)(C(C)O)C1. The molecule has 3 atom stereocenters. The quantitative estimate of drug-likeness (QED) is 0.789. The van der Waals surface area contributed by atoms with E-state index < -0.39 is 11.5 Å². The van der Waals surface area contributed by atoms with E-state index in [0.29, 0.717) is 24.6 Å². The van der Waals surface area contributed by atoms with Crippen LogP contribution in [-0.4, -0.2) is 55.6 Å². The van der Waals surface area contributed by atoms with Crippen LogP contribution in [0.25, 0.3) is 0 Å². The average molecular weight is 426 g/mol. The molecule has 6 nitrogen and oxygen atoms in total. The van der Waals surface area contributed by atoms with Crippen molar-refractivity contribution in [2.24, 2.45) is 5.41 Å². The number of hydrogen-bond acceptors (Lipinski definition) is 5. The summed E-state index contributed by atoms with van der Waals surface area (Å²) in [7, 11) is 3.02. The Bertz CT molecular complexity index is 934. The molecule has 1 heterocycles. The summed E-state index contributed by atoms with van der Waals surface area (Å²) in [6.07, 6.45) is 0.828. The van der Waals surface area contributed by atoms with E-state index >= 15 is 0 Å². The van der Waals surface area contributed by atoms with Crippen LogP contribution >= 0.6 is 0 Å². The molecule has 1 N–H and O–H groups in total. The van der Waals surface area contributed by atoms with Crippen molar-refractivity contribution in [3.63, 3.8) is 0 Å². The van der Waals surface area contributed by atoms with Gasteiger partial charge in [0.2, 0.25) is 0 Å². The van der Waals surface area contributed by atoms with Gasteiger partial charge in [-0.25, -0.2) is 4.79 Å². The number of likely N-dealkylation sites (tertiary alicyclic amines) is 1. The molecule has 1 aliphatic carbocycles. The Labute approximate surface area is 183 Å². The van der Waals surface area contributed by atoms with Crippen LogP contribution in [0.15, 0.2) is 42.5 Å². The molecule has 1 amide bonds. The van der Waals surface area contributed by atoms with Gasteiger partial charge in [-0.15, -0.1) is 0 Å². The first-order chi connectivity index (χ1) is 14.9. The van der Waals surface area contributed by atoms with Gasteiger partial charge in [0.25, 0.3) is 0 Å². The zero-order valence-corrected chi connectivity index (χ0v) is 18.6. The van der Waals surface area contributed by atoms with Gasteiger partial charge in [-0.3, -0.25) is 0 Å². The summed E-state index contributed by atoms with van der Waals surface area (Å²) in [4.78, 5) is 13.8. The van der Waals surface area contributed by atoms with E-state index in [1.807, 2.05) is 25.1 Å². The molecule has 0 aromatic heterocycles. The molecule has 166 valence electrons. The molecule has 31 heavy (non-hydrogen) atoms. The zero-order valence-electron chi connectivity index (χ0n) is 18.6. The van der Waals surface area contributed by atoms with Crippen LogP contribution in [0.1, 0.15) is 36.5 Å². The zero-order chi connectivity index (χ0) is 22.2. The fraction of sp³-hybridized carbons (Fsp3) is 0.480. The fourth-order valence-corrected chi connectivity index (χ4v) is 4.98. The molecule has 1 fully saturated rings. The Morgan fingerprint density at radius 1 is 1.13 bits per heavy atom. The van der Waals surface area contributed by atoms with Crippen LogP contribution < -0.4 is 9.47 Å². The summed E-state index contributed by atoms with van der Waals surface area (Å²) in [5.41, 5.74) is 3.17. The van der Waals surface area contributed by atoms with Crippen LogP contribution in [-0.2, 0) is 17.6 Å². The van der Waals surface area contributed by atoms with Gasteiger partial charge in [0.15, 0.2) is 11.5 Å². The molecule has 1 aliphatic heterocycles. The van der Waals surface area contributed by atoms with Gasteiger partial charge in [-0.05, 0) is 35.7 Å². The molecule has 2 aliphatic rings. The number of carbonyl (C=O) groups is 1. The number of aliphatic hydroxyl groups is 1. The lowest BCUT2D eigenvalue weighted by Crippen LogP contribution is -2.38. The summed E-state index contributed by atoms with van der Waals surface area (Å²) < 4.78 is 16.9. The van der Waals surface area contributed by atoms with Gasteiger partial charge in [-0.2, -0.15) is 0 Å². The number of rotatable bonds is 5. The Morgan fingerprint density at radius 2 is 1.81 bits per heavy atom. The number of benzene rings is 2. The van der Waals surface area contributed by atoms with Gasteiger partial charge < -0.3 is 24.2 Å². The number of aliphatic hydroxyl groups excluding tert-OH is 1. The lowest BCUT2D eigenvalue weighted by molar-refractivity contribution is 0.0470. The first kappa shape index (κ1) is 21.5. The molecule has 0 spiro atoms. The van der Waals surface area contributed by atoms with Crippen LogP contribution in [0.3, 0.4) is 0 Å². The van der Waals surface area contributed by atoms with Gasteiger partial charge in [0.05, 0.1) is 20.3 Å². The largest absolute Gasteiger partial charge is 0.493 e. The highest BCUT2D eigenvalue weighted by Crippen LogP contribution is 2.47. The second-order valence-electron chi connectivity index (χ2n) is 8.91. The maximum absolute atomic E-state index is 12.2. The van der Waals surface area contributed by atoms with E-state index in [0.717, 1.165) is 18.4 Å². The second kappa shape index (κ2) is 8.42. The van der Waals surface area contributed by atoms with E-state index in [1.54, 1.807) is 18.9 Å². The van der Waals surface area contributed by atoms with Gasteiger partial charge in [-0.1, -0.05) is 37.3 Å². The summed E-state index contributed by atoms with van der Waals surface area (Å²) in [6.45, 7) is 4.71. The van der Waals surface area contributed by atoms with Crippen molar-refractivity contribution in [2.75, 3.05) is 27.3 Å². The molecule has 2 aromatic rings. The predicted molar refractivity (Wildman–Crippen MR) is 118 cm³/mol. The van der Waals surface area contributed by atoms with Crippen molar-refractivity contribution in [1.29, 1.82) is 0 Å². The number of amides is 1. The van der Waals surface area contributed by atoms with Crippen molar-refractivity contribution >= 4 is 6.09 Å². The van der Waals surface area contributed by atoms with E-state index in [9.17, 15) is 9.90 Å². The molecule has 1 unspecified atom stereocenters. The van der Waals surface area contributed by atoms with Crippen molar-refractivity contribution in [1.82, 2.24) is 4.90 Å². The van der Waals surface area contributed by atoms with Crippen LogP contribution in [0, 0.1) is 5.41 Å². The summed E-state index contributed by atoms with van der Waals surface area (Å²) in [5, 5.41) is 10.6. The third-order valence-electron chi connectivity index (χ3n) is 7.02. The normalized spacial score (nSPS) is 24.0. The fourth-order valence-electron chi connectivity index (χ4n) is 4.98. The minimum absolute atomic E-state index is 0.0550. The van der Waals surface area contributed by atoms with E-state index in [4.69, 9.17) is 14.2 Å². The first-order valence-corrected chi connectivity index (χ1v) is 10.8. The Morgan fingerprint density at radius 3 is 2.39 bits per heavy atom. The maximum Gasteiger partial charge on any atom is 0.409 e. The Kier molecular flexibility index (Phi) is 5.84. The number of nitrogens with zero attached hydrogens (tertiary/aromatic N) is 1. The number of ether oxygens (including phenoxy) is 3. The molecule has 1 saturated heterocycles. The average Bonchev–Trinajstić information content (AvgIpc) is 3.34. The highest BCUT2D eigenvalue weighted by Gasteiger charge is 2.48. The van der Waals surface area contributed by atoms with E-state index in [1.165, 1.54) is 18.2 Å². The summed E-state index contributed by atoms with van der Waals surface area (Å²) in [5.74, 6) is 1.32. The standard InChI is InChI=1S/C25H31NO5/c1-16(27)25(2)15-26(24(28)30-4)14-21(25)19-9-10-22(29-3)23(13-19)31-20-11-17-7-5-6-8-18(17)12-20/h5-10,13,16,20-21,27H,11-12,14-15H2,1-4H3/t16?,21-,25-/m0/s1. The van der Waals surface area contributed by atoms with Gasteiger partial charge >= 0.3 is 6.09 Å². The molecular formula is C25H31NO5. The molecule has 6 heteroatoms. The van der Waals surface area contributed by atoms with Crippen molar-refractivity contribution < 1.29 is 24.1 Å². The molecule has 2 aromatic carbocycles. The molecule has 4 rings (SSSR count). The van der Waals surface area contributed by atoms with Gasteiger partial charge in [0, 0.05) is 37.3 Å². The van der Waals surface area contributed by atoms with E-state index in [-0.39, 0.29) is 18.1 Å². The van der Waals surface area contributed by atoms with E-state index in [2.05, 4.69) is 24.3 Å². The van der Waals surface area contributed by atoms with Crippen LogP contribution in [0.2, 0.25) is 0 Å². The molecular weight excluding hydrogens is 394 g/mol. The molecule has 0 saturated carbocycles. The van der Waals surface area contributed by atoms with Crippen molar-refractivity contribution in [3.8, 4) is 11.5 Å². The summed E-state index contributed by atoms with van der Waals surface area (Å²) in [6, 6.07) is 14.4. The van der Waals surface area contributed by atoms with Crippen molar-refractivity contribution in [2.45, 2.75) is 44.8 Å². The minimum Gasteiger partial charge on any atom is -0.493 e. The number of hydrogen-bond donors (Lipinski definition) is 1. The highest BCUT2D eigenvalue weighted by molar-refractivity contribution is 5.68. The Balaban J connectivity index is 1.61. The lowest BCUT2D eigenvalue weighted by atomic mass is 9.72. The first-order valence-electron chi connectivity index (χ1n) is 10.8. The predicted octanol–water partition coefficient (Wildman–Crippen LogP) is 3.79. The van der Waals surface area contributed by atoms with Crippen molar-refractivity contribution in [3.05, 3.63) is 59.2 Å². The smallest absolute Gasteiger partial charge is 0.409 e. The van der Waals surface area contributed by atoms with Gasteiger partial charge in [0.1, 0.15) is 6.10 Å². The third-order valence-corrected chi connectivity index (χ3v) is 7.02. The third kappa shape index (κ3) is 3.97. The molecule has 0 radical (unpaired) electrons. The minimum atomic E-state index is -0.594. The monoisotopic (exact) mass is 425 g/mol. The second-order valence-corrected chi connectivity index (χ2v) is 8.91. The van der Waals surface area contributed by atoms with Crippen LogP contribution in [0.5, 0.6) is 11.5 Å². The number of carbonyl (C=O) groups excluding carboxylic acids is 1. The lowest BCUT2D eigenvalue weighted by Gasteiger charge is -2.33. The topological polar surface area (TPSA) is 68.2 Å². The summed E-state index contributed by atoms with van der Waals surface area (Å²) >= 11 is 0. The molecule has 0 bridgehead atoms. The number of methoxy groups -OCH3 is 2. The maximum atomic E-state index is 12.2. The number of fused-ring (bicyclic) bond motifs is 1.